The zero-order valence-corrected chi connectivity index (χ0v) is 13.1. The summed E-state index contributed by atoms with van der Waals surface area (Å²) in [5.74, 6) is 0.724. The van der Waals surface area contributed by atoms with Crippen LogP contribution in [0.3, 0.4) is 0 Å². The maximum Gasteiger partial charge on any atom is 0.234 e. The molecule has 5 heteroatoms. The van der Waals surface area contributed by atoms with Gasteiger partial charge >= 0.3 is 0 Å². The fourth-order valence-corrected chi connectivity index (χ4v) is 2.88. The number of likely N-dealkylation sites (tertiary alicyclic amines) is 1. The third kappa shape index (κ3) is 5.42. The number of thioether (sulfide) groups is 1. The van der Waals surface area contributed by atoms with Crippen molar-refractivity contribution in [2.24, 2.45) is 5.92 Å². The minimum atomic E-state index is -0.232. The van der Waals surface area contributed by atoms with Gasteiger partial charge in [0.1, 0.15) is 4.75 Å². The molecular weight excluding hydrogens is 258 g/mol. The fraction of sp³-hybridized carbons (Fsp3) is 0.857. The van der Waals surface area contributed by atoms with Crippen LogP contribution in [0.2, 0.25) is 0 Å². The van der Waals surface area contributed by atoms with Crippen LogP contribution >= 0.6 is 11.8 Å². The zero-order valence-electron chi connectivity index (χ0n) is 12.2. The molecule has 0 spiro atoms. The number of rotatable bonds is 6. The van der Waals surface area contributed by atoms with E-state index in [-0.39, 0.29) is 10.7 Å². The van der Waals surface area contributed by atoms with Crippen LogP contribution in [0, 0.1) is 17.2 Å². The summed E-state index contributed by atoms with van der Waals surface area (Å²) in [4.78, 5) is 13.9. The first-order chi connectivity index (χ1) is 9.01. The summed E-state index contributed by atoms with van der Waals surface area (Å²) in [7, 11) is 0. The van der Waals surface area contributed by atoms with Crippen molar-refractivity contribution in [2.45, 2.75) is 37.9 Å². The first-order valence-corrected chi connectivity index (χ1v) is 8.19. The summed E-state index contributed by atoms with van der Waals surface area (Å²) < 4.78 is -0.232. The summed E-state index contributed by atoms with van der Waals surface area (Å²) in [6.07, 6.45) is 4.72. The molecular formula is C14H25N3OS. The number of carbonyl (C=O) groups excluding carboxylic acids is 1. The standard InChI is InChI=1S/C14H25N3OS/c1-12(2)4-7-16-13(18)10-17-8-5-14(11-15,19-3)6-9-17/h12H,4-10H2,1-3H3,(H,16,18). The molecule has 1 rings (SSSR count). The zero-order chi connectivity index (χ0) is 14.3. The Bertz CT molecular complexity index is 330. The maximum absolute atomic E-state index is 11.8. The number of nitriles is 1. The lowest BCUT2D eigenvalue weighted by Crippen LogP contribution is -2.45. The number of amides is 1. The quantitative estimate of drug-likeness (QED) is 0.808. The van der Waals surface area contributed by atoms with E-state index in [0.29, 0.717) is 12.5 Å². The van der Waals surface area contributed by atoms with E-state index in [2.05, 4.69) is 30.1 Å². The lowest BCUT2D eigenvalue weighted by molar-refractivity contribution is -0.122. The van der Waals surface area contributed by atoms with Crippen LogP contribution in [-0.4, -0.2) is 48.0 Å². The molecule has 4 nitrogen and oxygen atoms in total. The van der Waals surface area contributed by atoms with Gasteiger partial charge in [0.2, 0.25) is 5.91 Å². The predicted molar refractivity (Wildman–Crippen MR) is 80.0 cm³/mol. The monoisotopic (exact) mass is 283 g/mol. The van der Waals surface area contributed by atoms with Gasteiger partial charge in [0.05, 0.1) is 12.6 Å². The molecule has 1 N–H and O–H groups in total. The van der Waals surface area contributed by atoms with Crippen LogP contribution in [0.5, 0.6) is 0 Å². The van der Waals surface area contributed by atoms with Gasteiger partial charge in [-0.2, -0.15) is 5.26 Å². The van der Waals surface area contributed by atoms with Crippen molar-refractivity contribution in [3.05, 3.63) is 0 Å². The van der Waals surface area contributed by atoms with Gasteiger partial charge in [0, 0.05) is 19.6 Å². The van der Waals surface area contributed by atoms with E-state index in [0.717, 1.165) is 38.9 Å². The molecule has 1 saturated heterocycles. The lowest BCUT2D eigenvalue weighted by Gasteiger charge is -2.35. The molecule has 0 aliphatic carbocycles. The Morgan fingerprint density at radius 3 is 2.58 bits per heavy atom. The third-order valence-electron chi connectivity index (χ3n) is 3.67. The summed E-state index contributed by atoms with van der Waals surface area (Å²) in [6, 6.07) is 2.42. The molecule has 0 unspecified atom stereocenters. The Hall–Kier alpha value is -0.730. The van der Waals surface area contributed by atoms with E-state index in [1.807, 2.05) is 6.26 Å². The Morgan fingerprint density at radius 2 is 2.11 bits per heavy atom. The average molecular weight is 283 g/mol. The summed E-state index contributed by atoms with van der Waals surface area (Å²) in [5.41, 5.74) is 0. The van der Waals surface area contributed by atoms with Gasteiger partial charge in [-0.05, 0) is 31.4 Å². The molecule has 19 heavy (non-hydrogen) atoms. The van der Waals surface area contributed by atoms with Gasteiger partial charge in [0.15, 0.2) is 0 Å². The van der Waals surface area contributed by atoms with Crippen LogP contribution in [0.1, 0.15) is 33.1 Å². The van der Waals surface area contributed by atoms with Crippen molar-refractivity contribution < 1.29 is 4.79 Å². The smallest absolute Gasteiger partial charge is 0.234 e. The van der Waals surface area contributed by atoms with E-state index in [1.165, 1.54) is 0 Å². The molecule has 0 radical (unpaired) electrons. The molecule has 1 fully saturated rings. The van der Waals surface area contributed by atoms with E-state index in [1.54, 1.807) is 11.8 Å². The van der Waals surface area contributed by atoms with Crippen LogP contribution in [0.4, 0.5) is 0 Å². The molecule has 0 atom stereocenters. The van der Waals surface area contributed by atoms with Crippen LogP contribution in [0.15, 0.2) is 0 Å². The van der Waals surface area contributed by atoms with Gasteiger partial charge in [-0.1, -0.05) is 13.8 Å². The van der Waals surface area contributed by atoms with Crippen molar-refractivity contribution in [3.8, 4) is 6.07 Å². The fourth-order valence-electron chi connectivity index (χ4n) is 2.19. The topological polar surface area (TPSA) is 56.1 Å². The SMILES string of the molecule is CSC1(C#N)CCN(CC(=O)NCCC(C)C)CC1. The Balaban J connectivity index is 2.26. The highest BCUT2D eigenvalue weighted by molar-refractivity contribution is 8.00. The van der Waals surface area contributed by atoms with Crippen LogP contribution in [0.25, 0.3) is 0 Å². The lowest BCUT2D eigenvalue weighted by atomic mass is 9.97. The molecule has 0 aromatic rings. The summed E-state index contributed by atoms with van der Waals surface area (Å²) >= 11 is 1.64. The second-order valence-corrected chi connectivity index (χ2v) is 6.81. The van der Waals surface area contributed by atoms with Gasteiger partial charge in [0.25, 0.3) is 0 Å². The minimum Gasteiger partial charge on any atom is -0.355 e. The minimum absolute atomic E-state index is 0.106. The van der Waals surface area contributed by atoms with E-state index < -0.39 is 0 Å². The second kappa shape index (κ2) is 7.76. The average Bonchev–Trinajstić information content (AvgIpc) is 2.39. The molecule has 0 aromatic heterocycles. The van der Waals surface area contributed by atoms with Crippen molar-refractivity contribution in [3.63, 3.8) is 0 Å². The summed E-state index contributed by atoms with van der Waals surface area (Å²) in [6.45, 7) is 7.21. The predicted octanol–water partition coefficient (Wildman–Crippen LogP) is 1.87. The van der Waals surface area contributed by atoms with Crippen molar-refractivity contribution in [2.75, 3.05) is 32.4 Å². The Morgan fingerprint density at radius 1 is 1.47 bits per heavy atom. The van der Waals surface area contributed by atoms with Crippen molar-refractivity contribution in [1.29, 1.82) is 5.26 Å². The number of piperidine rings is 1. The molecule has 0 saturated carbocycles. The molecule has 0 aromatic carbocycles. The number of hydrogen-bond acceptors (Lipinski definition) is 4. The highest BCUT2D eigenvalue weighted by Gasteiger charge is 2.34. The van der Waals surface area contributed by atoms with E-state index in [4.69, 9.17) is 0 Å². The summed E-state index contributed by atoms with van der Waals surface area (Å²) in [5, 5.41) is 12.2. The molecule has 1 aliphatic rings. The first kappa shape index (κ1) is 16.3. The molecule has 108 valence electrons. The van der Waals surface area contributed by atoms with Crippen molar-refractivity contribution >= 4 is 17.7 Å². The first-order valence-electron chi connectivity index (χ1n) is 6.97. The number of hydrogen-bond donors (Lipinski definition) is 1. The number of nitrogens with one attached hydrogen (secondary N) is 1. The number of nitrogens with zero attached hydrogens (tertiary/aromatic N) is 2. The maximum atomic E-state index is 11.8. The third-order valence-corrected chi connectivity index (χ3v) is 4.95. The molecule has 1 heterocycles. The largest absolute Gasteiger partial charge is 0.355 e. The normalized spacial score (nSPS) is 19.1. The van der Waals surface area contributed by atoms with Gasteiger partial charge in [-0.3, -0.25) is 9.69 Å². The van der Waals surface area contributed by atoms with Crippen LogP contribution < -0.4 is 5.32 Å². The number of carbonyl (C=O) groups is 1. The Labute approximate surface area is 120 Å². The van der Waals surface area contributed by atoms with Gasteiger partial charge in [-0.25, -0.2) is 0 Å². The molecule has 1 aliphatic heterocycles. The van der Waals surface area contributed by atoms with Gasteiger partial charge < -0.3 is 5.32 Å². The Kier molecular flexibility index (Phi) is 6.67. The highest BCUT2D eigenvalue weighted by atomic mass is 32.2. The van der Waals surface area contributed by atoms with Crippen molar-refractivity contribution in [1.82, 2.24) is 10.2 Å². The van der Waals surface area contributed by atoms with Gasteiger partial charge in [-0.15, -0.1) is 11.8 Å². The highest BCUT2D eigenvalue weighted by Crippen LogP contribution is 2.33. The van der Waals surface area contributed by atoms with E-state index >= 15 is 0 Å². The molecule has 1 amide bonds. The van der Waals surface area contributed by atoms with Crippen LogP contribution in [-0.2, 0) is 4.79 Å². The van der Waals surface area contributed by atoms with E-state index in [9.17, 15) is 10.1 Å². The molecule has 0 bridgehead atoms. The second-order valence-electron chi connectivity index (χ2n) is 5.62.